The minimum atomic E-state index is 0.0624. The second-order valence-corrected chi connectivity index (χ2v) is 4.04. The Labute approximate surface area is 90.1 Å². The van der Waals surface area contributed by atoms with Gasteiger partial charge in [-0.25, -0.2) is 0 Å². The first kappa shape index (κ1) is 11.6. The van der Waals surface area contributed by atoms with Crippen molar-refractivity contribution in [3.8, 4) is 0 Å². The van der Waals surface area contributed by atoms with Crippen LogP contribution in [0.5, 0.6) is 0 Å². The Bertz CT molecular complexity index is 319. The molecule has 1 rings (SSSR count). The fraction of sp³-hybridized carbons (Fsp3) is 0.545. The number of aryl methyl sites for hydroxylation is 1. The van der Waals surface area contributed by atoms with Crippen molar-refractivity contribution in [2.24, 2.45) is 5.92 Å². The topological polar surface area (TPSA) is 54.9 Å². The van der Waals surface area contributed by atoms with Crippen LogP contribution in [0.1, 0.15) is 31.7 Å². The lowest BCUT2D eigenvalue weighted by Crippen LogP contribution is -2.24. The molecule has 0 aliphatic heterocycles. The number of nitrogens with zero attached hydrogens (tertiary/aromatic N) is 2. The number of hydrogen-bond donors (Lipinski definition) is 1. The maximum atomic E-state index is 11.3. The molecule has 1 amide bonds. The Balaban J connectivity index is 2.37. The molecular weight excluding hydrogens is 190 g/mol. The summed E-state index contributed by atoms with van der Waals surface area (Å²) < 4.78 is 0. The molecule has 0 radical (unpaired) electrons. The van der Waals surface area contributed by atoms with Crippen LogP contribution in [-0.4, -0.2) is 16.1 Å². The molecule has 4 heteroatoms. The third kappa shape index (κ3) is 4.54. The van der Waals surface area contributed by atoms with Crippen LogP contribution in [0.25, 0.3) is 0 Å². The molecule has 15 heavy (non-hydrogen) atoms. The van der Waals surface area contributed by atoms with Crippen molar-refractivity contribution in [1.29, 1.82) is 0 Å². The molecule has 0 aliphatic rings. The molecule has 1 N–H and O–H groups in total. The van der Waals surface area contributed by atoms with E-state index in [0.29, 0.717) is 18.9 Å². The van der Waals surface area contributed by atoms with Crippen molar-refractivity contribution in [1.82, 2.24) is 15.5 Å². The van der Waals surface area contributed by atoms with Gasteiger partial charge in [0, 0.05) is 6.42 Å². The van der Waals surface area contributed by atoms with Gasteiger partial charge in [0.05, 0.1) is 17.9 Å². The van der Waals surface area contributed by atoms with Crippen LogP contribution in [0.15, 0.2) is 12.1 Å². The summed E-state index contributed by atoms with van der Waals surface area (Å²) in [5, 5.41) is 10.7. The molecule has 0 fully saturated rings. The maximum absolute atomic E-state index is 11.3. The van der Waals surface area contributed by atoms with E-state index >= 15 is 0 Å². The third-order valence-electron chi connectivity index (χ3n) is 1.91. The van der Waals surface area contributed by atoms with Gasteiger partial charge in [-0.1, -0.05) is 13.8 Å². The summed E-state index contributed by atoms with van der Waals surface area (Å²) in [4.78, 5) is 11.3. The number of amides is 1. The minimum absolute atomic E-state index is 0.0624. The fourth-order valence-electron chi connectivity index (χ4n) is 1.15. The predicted octanol–water partition coefficient (Wildman–Crippen LogP) is 1.45. The summed E-state index contributed by atoms with van der Waals surface area (Å²) in [6.07, 6.45) is 0.555. The quantitative estimate of drug-likeness (QED) is 0.813. The van der Waals surface area contributed by atoms with Gasteiger partial charge in [-0.05, 0) is 25.0 Å². The van der Waals surface area contributed by atoms with Crippen LogP contribution in [0.2, 0.25) is 0 Å². The zero-order chi connectivity index (χ0) is 11.3. The lowest BCUT2D eigenvalue weighted by atomic mass is 10.1. The summed E-state index contributed by atoms with van der Waals surface area (Å²) in [6.45, 7) is 6.38. The van der Waals surface area contributed by atoms with Crippen molar-refractivity contribution < 1.29 is 4.79 Å². The van der Waals surface area contributed by atoms with Crippen molar-refractivity contribution in [3.05, 3.63) is 23.5 Å². The molecular formula is C11H17N3O. The van der Waals surface area contributed by atoms with Gasteiger partial charge in [0.1, 0.15) is 0 Å². The number of carbonyl (C=O) groups is 1. The summed E-state index contributed by atoms with van der Waals surface area (Å²) >= 11 is 0. The van der Waals surface area contributed by atoms with Crippen molar-refractivity contribution in [2.75, 3.05) is 0 Å². The molecule has 0 saturated carbocycles. The highest BCUT2D eigenvalue weighted by Crippen LogP contribution is 1.99. The van der Waals surface area contributed by atoms with Gasteiger partial charge in [0.2, 0.25) is 5.91 Å². The standard InChI is InChI=1S/C11H17N3O/c1-8(2)6-11(15)12-7-10-5-4-9(3)13-14-10/h4-5,8H,6-7H2,1-3H3,(H,12,15). The van der Waals surface area contributed by atoms with E-state index in [1.807, 2.05) is 32.9 Å². The van der Waals surface area contributed by atoms with E-state index < -0.39 is 0 Å². The smallest absolute Gasteiger partial charge is 0.220 e. The van der Waals surface area contributed by atoms with Crippen molar-refractivity contribution >= 4 is 5.91 Å². The second-order valence-electron chi connectivity index (χ2n) is 4.04. The molecule has 0 spiro atoms. The Hall–Kier alpha value is -1.45. The summed E-state index contributed by atoms with van der Waals surface area (Å²) in [5.74, 6) is 0.446. The molecule has 1 aromatic rings. The first-order chi connectivity index (χ1) is 7.08. The highest BCUT2D eigenvalue weighted by Gasteiger charge is 2.04. The monoisotopic (exact) mass is 207 g/mol. The number of rotatable bonds is 4. The molecule has 0 saturated heterocycles. The lowest BCUT2D eigenvalue weighted by Gasteiger charge is -2.06. The van der Waals surface area contributed by atoms with Gasteiger partial charge in [-0.2, -0.15) is 10.2 Å². The first-order valence-electron chi connectivity index (χ1n) is 5.14. The van der Waals surface area contributed by atoms with E-state index in [9.17, 15) is 4.79 Å². The Morgan fingerprint density at radius 1 is 1.40 bits per heavy atom. The van der Waals surface area contributed by atoms with E-state index in [1.165, 1.54) is 0 Å². The first-order valence-corrected chi connectivity index (χ1v) is 5.14. The molecule has 1 heterocycles. The predicted molar refractivity (Wildman–Crippen MR) is 58.1 cm³/mol. The highest BCUT2D eigenvalue weighted by molar-refractivity contribution is 5.75. The molecule has 82 valence electrons. The number of carbonyl (C=O) groups excluding carboxylic acids is 1. The summed E-state index contributed by atoms with van der Waals surface area (Å²) in [7, 11) is 0. The van der Waals surface area contributed by atoms with Gasteiger partial charge >= 0.3 is 0 Å². The second kappa shape index (κ2) is 5.44. The minimum Gasteiger partial charge on any atom is -0.350 e. The van der Waals surface area contributed by atoms with Gasteiger partial charge in [0.25, 0.3) is 0 Å². The van der Waals surface area contributed by atoms with Gasteiger partial charge < -0.3 is 5.32 Å². The van der Waals surface area contributed by atoms with Gasteiger partial charge in [-0.15, -0.1) is 0 Å². The molecule has 0 bridgehead atoms. The molecule has 0 aliphatic carbocycles. The van der Waals surface area contributed by atoms with Crippen LogP contribution < -0.4 is 5.32 Å². The average Bonchev–Trinajstić information content (AvgIpc) is 2.16. The highest BCUT2D eigenvalue weighted by atomic mass is 16.1. The third-order valence-corrected chi connectivity index (χ3v) is 1.91. The number of aromatic nitrogens is 2. The van der Waals surface area contributed by atoms with E-state index in [0.717, 1.165) is 11.4 Å². The van der Waals surface area contributed by atoms with E-state index in [1.54, 1.807) is 0 Å². The molecule has 1 aromatic heterocycles. The van der Waals surface area contributed by atoms with Crippen LogP contribution in [0.4, 0.5) is 0 Å². The fourth-order valence-corrected chi connectivity index (χ4v) is 1.15. The lowest BCUT2D eigenvalue weighted by molar-refractivity contribution is -0.121. The molecule has 0 atom stereocenters. The zero-order valence-electron chi connectivity index (χ0n) is 9.45. The average molecular weight is 207 g/mol. The number of hydrogen-bond acceptors (Lipinski definition) is 3. The Morgan fingerprint density at radius 3 is 2.67 bits per heavy atom. The van der Waals surface area contributed by atoms with Crippen molar-refractivity contribution in [3.63, 3.8) is 0 Å². The van der Waals surface area contributed by atoms with E-state index in [4.69, 9.17) is 0 Å². The summed E-state index contributed by atoms with van der Waals surface area (Å²) in [5.41, 5.74) is 1.67. The maximum Gasteiger partial charge on any atom is 0.220 e. The molecule has 4 nitrogen and oxygen atoms in total. The zero-order valence-corrected chi connectivity index (χ0v) is 9.45. The molecule has 0 unspecified atom stereocenters. The van der Waals surface area contributed by atoms with E-state index in [2.05, 4.69) is 15.5 Å². The molecule has 0 aromatic carbocycles. The largest absolute Gasteiger partial charge is 0.350 e. The van der Waals surface area contributed by atoms with Crippen LogP contribution in [0, 0.1) is 12.8 Å². The normalized spacial score (nSPS) is 10.4. The SMILES string of the molecule is Cc1ccc(CNC(=O)CC(C)C)nn1. The van der Waals surface area contributed by atoms with Crippen LogP contribution in [0.3, 0.4) is 0 Å². The summed E-state index contributed by atoms with van der Waals surface area (Å²) in [6, 6.07) is 3.76. The Kier molecular flexibility index (Phi) is 4.21. The van der Waals surface area contributed by atoms with Crippen LogP contribution >= 0.6 is 0 Å². The van der Waals surface area contributed by atoms with E-state index in [-0.39, 0.29) is 5.91 Å². The number of nitrogens with one attached hydrogen (secondary N) is 1. The van der Waals surface area contributed by atoms with Gasteiger partial charge in [0.15, 0.2) is 0 Å². The van der Waals surface area contributed by atoms with Crippen LogP contribution in [-0.2, 0) is 11.3 Å². The van der Waals surface area contributed by atoms with Gasteiger partial charge in [-0.3, -0.25) is 4.79 Å². The van der Waals surface area contributed by atoms with Crippen molar-refractivity contribution in [2.45, 2.75) is 33.7 Å². The Morgan fingerprint density at radius 2 is 2.13 bits per heavy atom.